The van der Waals surface area contributed by atoms with Gasteiger partial charge in [0.1, 0.15) is 0 Å². The molecule has 6 rings (SSSR count). The second-order valence-corrected chi connectivity index (χ2v) is 11.5. The van der Waals surface area contributed by atoms with Crippen molar-refractivity contribution in [2.75, 3.05) is 24.5 Å². The van der Waals surface area contributed by atoms with E-state index in [1.807, 2.05) is 70.5 Å². The van der Waals surface area contributed by atoms with E-state index in [0.29, 0.717) is 25.0 Å². The Hall–Kier alpha value is -3.02. The number of urea groups is 2. The fourth-order valence-corrected chi connectivity index (χ4v) is 6.81. The van der Waals surface area contributed by atoms with Gasteiger partial charge in [0.05, 0.1) is 23.5 Å². The molecule has 2 aliphatic carbocycles. The van der Waals surface area contributed by atoms with Crippen molar-refractivity contribution in [3.05, 3.63) is 60.7 Å². The highest BCUT2D eigenvalue weighted by atomic mass is 16.2. The van der Waals surface area contributed by atoms with E-state index in [4.69, 9.17) is 0 Å². The van der Waals surface area contributed by atoms with Crippen LogP contribution in [0.2, 0.25) is 0 Å². The number of carbonyl (C=O) groups excluding carboxylic acids is 2. The summed E-state index contributed by atoms with van der Waals surface area (Å²) in [6.07, 6.45) is 11.9. The lowest BCUT2D eigenvalue weighted by Crippen LogP contribution is -2.66. The molecule has 0 aromatic heterocycles. The Balaban J connectivity index is 1.21. The summed E-state index contributed by atoms with van der Waals surface area (Å²) in [5.74, 6) is 0.659. The molecule has 6 heteroatoms. The molecule has 2 aromatic rings. The maximum Gasteiger partial charge on any atom is 0.329 e. The second-order valence-electron chi connectivity index (χ2n) is 11.5. The lowest BCUT2D eigenvalue weighted by Gasteiger charge is -2.52. The van der Waals surface area contributed by atoms with Gasteiger partial charge in [-0.2, -0.15) is 0 Å². The molecular weight excluding hydrogens is 460 g/mol. The maximum absolute atomic E-state index is 14.1. The zero-order valence-electron chi connectivity index (χ0n) is 21.9. The van der Waals surface area contributed by atoms with Crippen molar-refractivity contribution in [3.63, 3.8) is 0 Å². The summed E-state index contributed by atoms with van der Waals surface area (Å²) in [6.45, 7) is 2.15. The van der Waals surface area contributed by atoms with Crippen molar-refractivity contribution >= 4 is 23.4 Å². The van der Waals surface area contributed by atoms with E-state index in [9.17, 15) is 9.59 Å². The fourth-order valence-electron chi connectivity index (χ4n) is 6.81. The third-order valence-corrected chi connectivity index (χ3v) is 8.85. The third-order valence-electron chi connectivity index (χ3n) is 8.85. The van der Waals surface area contributed by atoms with E-state index >= 15 is 0 Å². The minimum absolute atomic E-state index is 0.00246. The number of fused-ring (bicyclic) bond motifs is 2. The largest absolute Gasteiger partial charge is 0.329 e. The Morgan fingerprint density at radius 1 is 0.676 bits per heavy atom. The topological polar surface area (TPSA) is 47.1 Å². The van der Waals surface area contributed by atoms with Gasteiger partial charge in [-0.25, -0.2) is 9.59 Å². The van der Waals surface area contributed by atoms with Gasteiger partial charge in [0.2, 0.25) is 0 Å². The molecule has 0 radical (unpaired) electrons. The highest BCUT2D eigenvalue weighted by Crippen LogP contribution is 2.37. The van der Waals surface area contributed by atoms with Crippen LogP contribution >= 0.6 is 0 Å². The maximum atomic E-state index is 14.1. The first kappa shape index (κ1) is 24.3. The standard InChI is InChI=1S/C31H40N4O2/c36-30(34(26-13-6-2-7-14-26)27-15-8-3-9-16-27)32-22-28-17-10-18-29(23-32)35(28)31(37)33(25-19-20-25)21-24-11-4-1-5-12-24/h2-3,6-9,13-16,24-25,28-29H,1,4-5,10-12,17-23H2/t28-,29+. The smallest absolute Gasteiger partial charge is 0.321 e. The van der Waals surface area contributed by atoms with Gasteiger partial charge in [0.15, 0.2) is 0 Å². The van der Waals surface area contributed by atoms with Crippen LogP contribution in [0.5, 0.6) is 0 Å². The molecule has 2 aromatic carbocycles. The number of benzene rings is 2. The SMILES string of the molecule is O=C(N1C[C@H]2CCC[C@@H](C1)N2C(=O)N(CC1CCCCC1)C1CC1)N(c1ccccc1)c1ccccc1. The van der Waals surface area contributed by atoms with Gasteiger partial charge in [-0.15, -0.1) is 0 Å². The lowest BCUT2D eigenvalue weighted by atomic mass is 9.88. The highest BCUT2D eigenvalue weighted by Gasteiger charge is 2.46. The van der Waals surface area contributed by atoms with E-state index in [1.165, 1.54) is 32.1 Å². The average molecular weight is 501 g/mol. The van der Waals surface area contributed by atoms with Crippen LogP contribution in [0, 0.1) is 5.92 Å². The first-order chi connectivity index (χ1) is 18.2. The van der Waals surface area contributed by atoms with Crippen molar-refractivity contribution in [2.45, 2.75) is 82.3 Å². The van der Waals surface area contributed by atoms with Crippen molar-refractivity contribution in [3.8, 4) is 0 Å². The molecule has 6 nitrogen and oxygen atoms in total. The van der Waals surface area contributed by atoms with E-state index in [-0.39, 0.29) is 24.1 Å². The lowest BCUT2D eigenvalue weighted by molar-refractivity contribution is 0.0183. The summed E-state index contributed by atoms with van der Waals surface area (Å²) in [5.41, 5.74) is 1.74. The molecule has 2 atom stereocenters. The summed E-state index contributed by atoms with van der Waals surface area (Å²) < 4.78 is 0. The zero-order valence-corrected chi connectivity index (χ0v) is 21.9. The minimum Gasteiger partial charge on any atom is -0.321 e. The molecule has 2 aliphatic heterocycles. The average Bonchev–Trinajstić information content (AvgIpc) is 3.78. The van der Waals surface area contributed by atoms with Crippen LogP contribution in [-0.4, -0.2) is 64.5 Å². The molecular formula is C31H40N4O2. The molecule has 0 spiro atoms. The Bertz CT molecular complexity index is 1010. The Labute approximate surface area is 221 Å². The number of hydrogen-bond acceptors (Lipinski definition) is 2. The Morgan fingerprint density at radius 3 is 1.78 bits per heavy atom. The Kier molecular flexibility index (Phi) is 7.08. The molecule has 2 saturated carbocycles. The highest BCUT2D eigenvalue weighted by molar-refractivity contribution is 5.99. The number of likely N-dealkylation sites (tertiary alicyclic amines) is 1. The first-order valence-corrected chi connectivity index (χ1v) is 14.5. The molecule has 4 fully saturated rings. The number of hydrogen-bond donors (Lipinski definition) is 0. The van der Waals surface area contributed by atoms with Crippen LogP contribution in [0.1, 0.15) is 64.2 Å². The molecule has 4 amide bonds. The van der Waals surface area contributed by atoms with Gasteiger partial charge in [-0.1, -0.05) is 55.7 Å². The molecule has 2 heterocycles. The number of anilines is 2. The van der Waals surface area contributed by atoms with Crippen LogP contribution < -0.4 is 4.90 Å². The number of piperidine rings is 1. The van der Waals surface area contributed by atoms with E-state index in [1.54, 1.807) is 0 Å². The summed E-state index contributed by atoms with van der Waals surface area (Å²) in [6, 6.07) is 20.7. The number of amides is 4. The summed E-state index contributed by atoms with van der Waals surface area (Å²) in [7, 11) is 0. The molecule has 2 saturated heterocycles. The molecule has 4 aliphatic rings. The van der Waals surface area contributed by atoms with E-state index in [0.717, 1.165) is 50.0 Å². The van der Waals surface area contributed by atoms with Gasteiger partial charge in [-0.3, -0.25) is 4.90 Å². The van der Waals surface area contributed by atoms with Crippen LogP contribution in [0.25, 0.3) is 0 Å². The van der Waals surface area contributed by atoms with Crippen molar-refractivity contribution in [2.24, 2.45) is 5.92 Å². The minimum atomic E-state index is 0.00246. The number of piperazine rings is 1. The predicted molar refractivity (Wildman–Crippen MR) is 147 cm³/mol. The quantitative estimate of drug-likeness (QED) is 0.462. The molecule has 37 heavy (non-hydrogen) atoms. The predicted octanol–water partition coefficient (Wildman–Crippen LogP) is 6.65. The van der Waals surface area contributed by atoms with Crippen molar-refractivity contribution in [1.29, 1.82) is 0 Å². The molecule has 0 N–H and O–H groups in total. The van der Waals surface area contributed by atoms with Gasteiger partial charge >= 0.3 is 12.1 Å². The van der Waals surface area contributed by atoms with Crippen molar-refractivity contribution < 1.29 is 9.59 Å². The van der Waals surface area contributed by atoms with Gasteiger partial charge in [0.25, 0.3) is 0 Å². The fraction of sp³-hybridized carbons (Fsp3) is 0.548. The first-order valence-electron chi connectivity index (χ1n) is 14.5. The van der Waals surface area contributed by atoms with E-state index < -0.39 is 0 Å². The second kappa shape index (κ2) is 10.8. The molecule has 2 bridgehead atoms. The summed E-state index contributed by atoms with van der Waals surface area (Å²) >= 11 is 0. The zero-order chi connectivity index (χ0) is 25.2. The Morgan fingerprint density at radius 2 is 1.24 bits per heavy atom. The third kappa shape index (κ3) is 5.21. The van der Waals surface area contributed by atoms with Gasteiger partial charge < -0.3 is 14.7 Å². The normalized spacial score (nSPS) is 24.0. The van der Waals surface area contributed by atoms with Crippen LogP contribution in [0.15, 0.2) is 60.7 Å². The van der Waals surface area contributed by atoms with Gasteiger partial charge in [-0.05, 0) is 75.1 Å². The number of nitrogens with zero attached hydrogens (tertiary/aromatic N) is 4. The number of para-hydroxylation sites is 2. The monoisotopic (exact) mass is 500 g/mol. The van der Waals surface area contributed by atoms with E-state index in [2.05, 4.69) is 9.80 Å². The molecule has 0 unspecified atom stereocenters. The number of rotatable bonds is 5. The van der Waals surface area contributed by atoms with Crippen LogP contribution in [-0.2, 0) is 0 Å². The van der Waals surface area contributed by atoms with Crippen LogP contribution in [0.3, 0.4) is 0 Å². The van der Waals surface area contributed by atoms with Crippen molar-refractivity contribution in [1.82, 2.24) is 14.7 Å². The molecule has 196 valence electrons. The number of carbonyl (C=O) groups is 2. The summed E-state index contributed by atoms with van der Waals surface area (Å²) in [5, 5.41) is 0. The van der Waals surface area contributed by atoms with Crippen LogP contribution in [0.4, 0.5) is 21.0 Å². The van der Waals surface area contributed by atoms with Gasteiger partial charge in [0, 0.05) is 25.7 Å². The summed E-state index contributed by atoms with van der Waals surface area (Å²) in [4.78, 5) is 36.4.